The highest BCUT2D eigenvalue weighted by Gasteiger charge is 2.32. The molecule has 2 rings (SSSR count). The Kier molecular flexibility index (Phi) is 5.03. The minimum absolute atomic E-state index is 0.375. The molecule has 21 heavy (non-hydrogen) atoms. The second-order valence-corrected chi connectivity index (χ2v) is 5.68. The van der Waals surface area contributed by atoms with Crippen LogP contribution < -0.4 is 5.32 Å². The van der Waals surface area contributed by atoms with E-state index in [-0.39, 0.29) is 0 Å². The van der Waals surface area contributed by atoms with E-state index in [1.54, 1.807) is 6.20 Å². The molecule has 1 aromatic heterocycles. The number of nitrogens with one attached hydrogen (secondary N) is 1. The Hall–Kier alpha value is -1.37. The van der Waals surface area contributed by atoms with Crippen LogP contribution in [0.3, 0.4) is 0 Å². The van der Waals surface area contributed by atoms with Gasteiger partial charge in [0.15, 0.2) is 0 Å². The molecule has 0 saturated carbocycles. The molecule has 0 spiro atoms. The van der Waals surface area contributed by atoms with E-state index >= 15 is 0 Å². The standard InChI is InChI=1S/C14H21F3N4/c1-10-7-18-13(20-11(10)2)19-8-12-3-5-21(6-4-12)9-14(15,16)17/h7,12H,3-6,8-9H2,1-2H3,(H,18,19,20). The van der Waals surface area contributed by atoms with Crippen molar-refractivity contribution in [1.29, 1.82) is 0 Å². The fourth-order valence-corrected chi connectivity index (χ4v) is 2.45. The molecular weight excluding hydrogens is 281 g/mol. The van der Waals surface area contributed by atoms with Crippen molar-refractivity contribution < 1.29 is 13.2 Å². The number of hydrogen-bond acceptors (Lipinski definition) is 4. The topological polar surface area (TPSA) is 41.1 Å². The maximum absolute atomic E-state index is 12.3. The molecule has 1 N–H and O–H groups in total. The SMILES string of the molecule is Cc1cnc(NCC2CCN(CC(F)(F)F)CC2)nc1C. The van der Waals surface area contributed by atoms with E-state index in [9.17, 15) is 13.2 Å². The van der Waals surface area contributed by atoms with Crippen molar-refractivity contribution in [2.45, 2.75) is 32.9 Å². The maximum Gasteiger partial charge on any atom is 0.401 e. The lowest BCUT2D eigenvalue weighted by atomic mass is 9.97. The normalized spacial score (nSPS) is 18.0. The van der Waals surface area contributed by atoms with Gasteiger partial charge in [-0.15, -0.1) is 0 Å². The summed E-state index contributed by atoms with van der Waals surface area (Å²) < 4.78 is 36.9. The first-order chi connectivity index (χ1) is 9.83. The van der Waals surface area contributed by atoms with Gasteiger partial charge in [-0.3, -0.25) is 4.90 Å². The molecule has 0 amide bonds. The number of alkyl halides is 3. The van der Waals surface area contributed by atoms with Crippen LogP contribution in [-0.4, -0.2) is 47.2 Å². The van der Waals surface area contributed by atoms with Gasteiger partial charge in [-0.05, 0) is 51.3 Å². The van der Waals surface area contributed by atoms with Gasteiger partial charge in [-0.25, -0.2) is 9.97 Å². The van der Waals surface area contributed by atoms with Crippen molar-refractivity contribution >= 4 is 5.95 Å². The molecular formula is C14H21F3N4. The minimum Gasteiger partial charge on any atom is -0.354 e. The van der Waals surface area contributed by atoms with Crippen LogP contribution >= 0.6 is 0 Å². The Morgan fingerprint density at radius 1 is 1.29 bits per heavy atom. The summed E-state index contributed by atoms with van der Waals surface area (Å²) in [6, 6.07) is 0. The van der Waals surface area contributed by atoms with Crippen LogP contribution in [0.4, 0.5) is 19.1 Å². The smallest absolute Gasteiger partial charge is 0.354 e. The second kappa shape index (κ2) is 6.60. The van der Waals surface area contributed by atoms with Crippen LogP contribution in [0.5, 0.6) is 0 Å². The zero-order valence-corrected chi connectivity index (χ0v) is 12.4. The van der Waals surface area contributed by atoms with Crippen molar-refractivity contribution in [2.75, 3.05) is 31.5 Å². The van der Waals surface area contributed by atoms with Crippen LogP contribution in [-0.2, 0) is 0 Å². The van der Waals surface area contributed by atoms with E-state index in [0.29, 0.717) is 31.5 Å². The number of hydrogen-bond donors (Lipinski definition) is 1. The molecule has 0 atom stereocenters. The van der Waals surface area contributed by atoms with Crippen LogP contribution in [0.2, 0.25) is 0 Å². The summed E-state index contributed by atoms with van der Waals surface area (Å²) in [7, 11) is 0. The van der Waals surface area contributed by atoms with Gasteiger partial charge in [-0.1, -0.05) is 0 Å². The van der Waals surface area contributed by atoms with Crippen LogP contribution in [0.15, 0.2) is 6.20 Å². The number of piperidine rings is 1. The molecule has 1 aliphatic rings. The number of nitrogens with zero attached hydrogens (tertiary/aromatic N) is 3. The molecule has 0 aliphatic carbocycles. The quantitative estimate of drug-likeness (QED) is 0.928. The highest BCUT2D eigenvalue weighted by Crippen LogP contribution is 2.22. The summed E-state index contributed by atoms with van der Waals surface area (Å²) in [6.45, 7) is 4.79. The first kappa shape index (κ1) is 16.0. The van der Waals surface area contributed by atoms with Gasteiger partial charge in [0, 0.05) is 18.4 Å². The molecule has 0 aromatic carbocycles. The van der Waals surface area contributed by atoms with E-state index in [0.717, 1.165) is 24.1 Å². The number of halogens is 3. The van der Waals surface area contributed by atoms with Gasteiger partial charge >= 0.3 is 6.18 Å². The Bertz CT molecular complexity index is 468. The molecule has 1 aromatic rings. The monoisotopic (exact) mass is 302 g/mol. The average Bonchev–Trinajstić information content (AvgIpc) is 2.40. The summed E-state index contributed by atoms with van der Waals surface area (Å²) >= 11 is 0. The molecule has 1 saturated heterocycles. The Morgan fingerprint density at radius 3 is 2.52 bits per heavy atom. The molecule has 0 radical (unpaired) electrons. The molecule has 118 valence electrons. The van der Waals surface area contributed by atoms with E-state index < -0.39 is 12.7 Å². The molecule has 0 bridgehead atoms. The highest BCUT2D eigenvalue weighted by atomic mass is 19.4. The van der Waals surface area contributed by atoms with Gasteiger partial charge in [0.05, 0.1) is 6.54 Å². The Balaban J connectivity index is 1.75. The summed E-state index contributed by atoms with van der Waals surface area (Å²) in [5.41, 5.74) is 1.98. The van der Waals surface area contributed by atoms with Crippen molar-refractivity contribution in [2.24, 2.45) is 5.92 Å². The number of anilines is 1. The molecule has 4 nitrogen and oxygen atoms in total. The largest absolute Gasteiger partial charge is 0.401 e. The van der Waals surface area contributed by atoms with Gasteiger partial charge in [0.2, 0.25) is 5.95 Å². The maximum atomic E-state index is 12.3. The average molecular weight is 302 g/mol. The third-order valence-corrected chi connectivity index (χ3v) is 3.88. The van der Waals surface area contributed by atoms with Crippen molar-refractivity contribution in [1.82, 2.24) is 14.9 Å². The van der Waals surface area contributed by atoms with Gasteiger partial charge < -0.3 is 5.32 Å². The Labute approximate surface area is 122 Å². The summed E-state index contributed by atoms with van der Waals surface area (Å²) in [5, 5.41) is 3.18. The molecule has 7 heteroatoms. The molecule has 2 heterocycles. The molecule has 1 fully saturated rings. The molecule has 1 aliphatic heterocycles. The van der Waals surface area contributed by atoms with E-state index in [1.807, 2.05) is 13.8 Å². The Morgan fingerprint density at radius 2 is 1.95 bits per heavy atom. The van der Waals surface area contributed by atoms with Crippen molar-refractivity contribution in [3.05, 3.63) is 17.5 Å². The zero-order chi connectivity index (χ0) is 15.5. The van der Waals surface area contributed by atoms with Gasteiger partial charge in [-0.2, -0.15) is 13.2 Å². The first-order valence-electron chi connectivity index (χ1n) is 7.17. The fourth-order valence-electron chi connectivity index (χ4n) is 2.45. The third kappa shape index (κ3) is 5.15. The van der Waals surface area contributed by atoms with Gasteiger partial charge in [0.1, 0.15) is 0 Å². The molecule has 0 unspecified atom stereocenters. The lowest BCUT2D eigenvalue weighted by molar-refractivity contribution is -0.148. The summed E-state index contributed by atoms with van der Waals surface area (Å²) in [4.78, 5) is 10.0. The van der Waals surface area contributed by atoms with Crippen LogP contribution in [0.25, 0.3) is 0 Å². The second-order valence-electron chi connectivity index (χ2n) is 5.68. The summed E-state index contributed by atoms with van der Waals surface area (Å²) in [6.07, 6.45) is -0.781. The van der Waals surface area contributed by atoms with Gasteiger partial charge in [0.25, 0.3) is 0 Å². The number of rotatable bonds is 4. The minimum atomic E-state index is -4.10. The lowest BCUT2D eigenvalue weighted by Crippen LogP contribution is -2.41. The lowest BCUT2D eigenvalue weighted by Gasteiger charge is -2.32. The highest BCUT2D eigenvalue weighted by molar-refractivity contribution is 5.28. The number of aryl methyl sites for hydroxylation is 2. The van der Waals surface area contributed by atoms with E-state index in [1.165, 1.54) is 4.90 Å². The summed E-state index contributed by atoms with van der Waals surface area (Å²) in [5.74, 6) is 0.968. The van der Waals surface area contributed by atoms with Crippen LogP contribution in [0.1, 0.15) is 24.1 Å². The number of likely N-dealkylation sites (tertiary alicyclic amines) is 1. The number of aromatic nitrogens is 2. The predicted molar refractivity (Wildman–Crippen MR) is 75.2 cm³/mol. The fraction of sp³-hybridized carbons (Fsp3) is 0.714. The zero-order valence-electron chi connectivity index (χ0n) is 12.4. The third-order valence-electron chi connectivity index (χ3n) is 3.88. The van der Waals surface area contributed by atoms with Crippen LogP contribution in [0, 0.1) is 19.8 Å². The first-order valence-corrected chi connectivity index (χ1v) is 7.17. The van der Waals surface area contributed by atoms with Crippen molar-refractivity contribution in [3.63, 3.8) is 0 Å². The van der Waals surface area contributed by atoms with E-state index in [4.69, 9.17) is 0 Å². The van der Waals surface area contributed by atoms with Crippen molar-refractivity contribution in [3.8, 4) is 0 Å². The van der Waals surface area contributed by atoms with E-state index in [2.05, 4.69) is 15.3 Å². The predicted octanol–water partition coefficient (Wildman–Crippen LogP) is 2.78.